The number of hydrogen-bond donors (Lipinski definition) is 1. The van der Waals surface area contributed by atoms with Crippen molar-refractivity contribution in [1.29, 1.82) is 0 Å². The van der Waals surface area contributed by atoms with Crippen LogP contribution in [0.1, 0.15) is 29.8 Å². The van der Waals surface area contributed by atoms with Gasteiger partial charge in [-0.15, -0.1) is 0 Å². The molecule has 2 rings (SSSR count). The number of aliphatic carboxylic acids is 1. The van der Waals surface area contributed by atoms with Crippen molar-refractivity contribution in [2.24, 2.45) is 0 Å². The number of Topliss-reactive ketones (excluding diaryl/α,β-unsaturated/α-hetero) is 1. The molecule has 0 radical (unpaired) electrons. The van der Waals surface area contributed by atoms with Crippen LogP contribution in [0.5, 0.6) is 0 Å². The molecule has 5 heteroatoms. The van der Waals surface area contributed by atoms with Crippen molar-refractivity contribution in [2.75, 3.05) is 13.1 Å². The number of carboxylic acid groups (broad SMARTS) is 1. The standard InChI is InChI=1S/C13H16N2O3/c16-12(10-5-1-3-7-14-10)9-15-8-4-2-6-11(15)13(17)18/h1,3,5,7,11H,2,4,6,8-9H2,(H,17,18). The summed E-state index contributed by atoms with van der Waals surface area (Å²) in [5.41, 5.74) is 0.396. The summed E-state index contributed by atoms with van der Waals surface area (Å²) in [5.74, 6) is -0.965. The first-order valence-electron chi connectivity index (χ1n) is 6.09. The maximum absolute atomic E-state index is 12.0. The molecule has 0 aromatic carbocycles. The Morgan fingerprint density at radius 2 is 2.22 bits per heavy atom. The van der Waals surface area contributed by atoms with Gasteiger partial charge in [0.05, 0.1) is 6.54 Å². The lowest BCUT2D eigenvalue weighted by Crippen LogP contribution is -2.46. The molecule has 1 saturated heterocycles. The van der Waals surface area contributed by atoms with E-state index in [-0.39, 0.29) is 12.3 Å². The predicted molar refractivity (Wildman–Crippen MR) is 65.4 cm³/mol. The minimum atomic E-state index is -0.844. The van der Waals surface area contributed by atoms with Crippen LogP contribution in [0.4, 0.5) is 0 Å². The van der Waals surface area contributed by atoms with Gasteiger partial charge in [0.25, 0.3) is 0 Å². The van der Waals surface area contributed by atoms with Crippen molar-refractivity contribution in [3.63, 3.8) is 0 Å². The summed E-state index contributed by atoms with van der Waals surface area (Å²) < 4.78 is 0. The number of carbonyl (C=O) groups excluding carboxylic acids is 1. The predicted octanol–water partition coefficient (Wildman–Crippen LogP) is 1.20. The second-order valence-electron chi connectivity index (χ2n) is 4.46. The largest absolute Gasteiger partial charge is 0.480 e. The zero-order valence-corrected chi connectivity index (χ0v) is 10.1. The normalized spacial score (nSPS) is 20.6. The van der Waals surface area contributed by atoms with Gasteiger partial charge < -0.3 is 5.11 Å². The summed E-state index contributed by atoms with van der Waals surface area (Å²) in [7, 11) is 0. The highest BCUT2D eigenvalue weighted by atomic mass is 16.4. The van der Waals surface area contributed by atoms with Crippen molar-refractivity contribution >= 4 is 11.8 Å². The number of hydrogen-bond acceptors (Lipinski definition) is 4. The fourth-order valence-electron chi connectivity index (χ4n) is 2.25. The Bertz CT molecular complexity index is 433. The van der Waals surface area contributed by atoms with Gasteiger partial charge in [0.15, 0.2) is 5.78 Å². The molecule has 0 bridgehead atoms. The first-order chi connectivity index (χ1) is 8.68. The van der Waals surface area contributed by atoms with Gasteiger partial charge in [0, 0.05) is 6.20 Å². The highest BCUT2D eigenvalue weighted by Crippen LogP contribution is 2.17. The molecule has 0 saturated carbocycles. The van der Waals surface area contributed by atoms with Crippen LogP contribution >= 0.6 is 0 Å². The van der Waals surface area contributed by atoms with E-state index in [2.05, 4.69) is 4.98 Å². The summed E-state index contributed by atoms with van der Waals surface area (Å²) in [6, 6.07) is 4.62. The van der Waals surface area contributed by atoms with Gasteiger partial charge >= 0.3 is 5.97 Å². The van der Waals surface area contributed by atoms with Crippen LogP contribution < -0.4 is 0 Å². The Labute approximate surface area is 105 Å². The number of pyridine rings is 1. The number of rotatable bonds is 4. The third kappa shape index (κ3) is 2.92. The molecular weight excluding hydrogens is 232 g/mol. The molecule has 96 valence electrons. The molecule has 0 amide bonds. The SMILES string of the molecule is O=C(CN1CCCCC1C(=O)O)c1ccccn1. The van der Waals surface area contributed by atoms with E-state index in [1.807, 2.05) is 0 Å². The Balaban J connectivity index is 2.03. The van der Waals surface area contributed by atoms with E-state index >= 15 is 0 Å². The number of ketones is 1. The first kappa shape index (κ1) is 12.7. The molecule has 18 heavy (non-hydrogen) atoms. The fraction of sp³-hybridized carbons (Fsp3) is 0.462. The van der Waals surface area contributed by atoms with E-state index in [0.717, 1.165) is 12.8 Å². The first-order valence-corrected chi connectivity index (χ1v) is 6.09. The number of carbonyl (C=O) groups is 2. The van der Waals surface area contributed by atoms with Gasteiger partial charge in [0.1, 0.15) is 11.7 Å². The summed E-state index contributed by atoms with van der Waals surface area (Å²) in [5, 5.41) is 9.12. The van der Waals surface area contributed by atoms with Crippen LogP contribution in [0.25, 0.3) is 0 Å². The zero-order chi connectivity index (χ0) is 13.0. The van der Waals surface area contributed by atoms with E-state index in [1.54, 1.807) is 29.3 Å². The quantitative estimate of drug-likeness (QED) is 0.811. The van der Waals surface area contributed by atoms with E-state index in [1.165, 1.54) is 0 Å². The number of likely N-dealkylation sites (tertiary alicyclic amines) is 1. The van der Waals surface area contributed by atoms with Crippen LogP contribution in [-0.4, -0.2) is 45.9 Å². The second-order valence-corrected chi connectivity index (χ2v) is 4.46. The molecule has 1 N–H and O–H groups in total. The monoisotopic (exact) mass is 248 g/mol. The van der Waals surface area contributed by atoms with Gasteiger partial charge in [0.2, 0.25) is 0 Å². The van der Waals surface area contributed by atoms with Gasteiger partial charge in [-0.05, 0) is 31.5 Å². The average molecular weight is 248 g/mol. The van der Waals surface area contributed by atoms with Crippen LogP contribution in [-0.2, 0) is 4.79 Å². The summed E-state index contributed by atoms with van der Waals surface area (Å²) in [6.07, 6.45) is 4.04. The Morgan fingerprint density at radius 3 is 2.89 bits per heavy atom. The molecule has 1 aliphatic heterocycles. The Hall–Kier alpha value is -1.75. The molecule has 0 spiro atoms. The Kier molecular flexibility index (Phi) is 4.04. The smallest absolute Gasteiger partial charge is 0.320 e. The van der Waals surface area contributed by atoms with E-state index in [4.69, 9.17) is 5.11 Å². The Morgan fingerprint density at radius 1 is 1.39 bits per heavy atom. The van der Waals surface area contributed by atoms with Gasteiger partial charge in [-0.1, -0.05) is 12.5 Å². The molecule has 0 aliphatic carbocycles. The number of carboxylic acids is 1. The molecule has 1 atom stereocenters. The maximum atomic E-state index is 12.0. The number of piperidine rings is 1. The van der Waals surface area contributed by atoms with E-state index in [0.29, 0.717) is 18.7 Å². The fourth-order valence-corrected chi connectivity index (χ4v) is 2.25. The van der Waals surface area contributed by atoms with E-state index in [9.17, 15) is 9.59 Å². The second kappa shape index (κ2) is 5.73. The van der Waals surface area contributed by atoms with Crippen LogP contribution in [0, 0.1) is 0 Å². The maximum Gasteiger partial charge on any atom is 0.320 e. The molecule has 1 aliphatic rings. The van der Waals surface area contributed by atoms with Gasteiger partial charge in [-0.25, -0.2) is 0 Å². The molecule has 1 aromatic rings. The van der Waals surface area contributed by atoms with Crippen LogP contribution in [0.2, 0.25) is 0 Å². The van der Waals surface area contributed by atoms with Crippen LogP contribution in [0.3, 0.4) is 0 Å². The summed E-state index contributed by atoms with van der Waals surface area (Å²) in [4.78, 5) is 28.8. The lowest BCUT2D eigenvalue weighted by atomic mass is 10.0. The average Bonchev–Trinajstić information content (AvgIpc) is 2.40. The van der Waals surface area contributed by atoms with Crippen molar-refractivity contribution in [1.82, 2.24) is 9.88 Å². The molecule has 1 aromatic heterocycles. The lowest BCUT2D eigenvalue weighted by Gasteiger charge is -2.32. The topological polar surface area (TPSA) is 70.5 Å². The van der Waals surface area contributed by atoms with Crippen molar-refractivity contribution in [3.05, 3.63) is 30.1 Å². The van der Waals surface area contributed by atoms with E-state index < -0.39 is 12.0 Å². The number of aromatic nitrogens is 1. The third-order valence-electron chi connectivity index (χ3n) is 3.20. The van der Waals surface area contributed by atoms with Crippen molar-refractivity contribution in [3.8, 4) is 0 Å². The van der Waals surface area contributed by atoms with Crippen molar-refractivity contribution < 1.29 is 14.7 Å². The summed E-state index contributed by atoms with van der Waals surface area (Å²) in [6.45, 7) is 0.795. The van der Waals surface area contributed by atoms with Crippen molar-refractivity contribution in [2.45, 2.75) is 25.3 Å². The minimum absolute atomic E-state index is 0.122. The third-order valence-corrected chi connectivity index (χ3v) is 3.20. The van der Waals surface area contributed by atoms with Gasteiger partial charge in [-0.3, -0.25) is 19.5 Å². The molecular formula is C13H16N2O3. The lowest BCUT2D eigenvalue weighted by molar-refractivity contribution is -0.144. The zero-order valence-electron chi connectivity index (χ0n) is 10.1. The van der Waals surface area contributed by atoms with Crippen LogP contribution in [0.15, 0.2) is 24.4 Å². The molecule has 1 unspecified atom stereocenters. The summed E-state index contributed by atoms with van der Waals surface area (Å²) >= 11 is 0. The highest BCUT2D eigenvalue weighted by molar-refractivity contribution is 5.96. The molecule has 5 nitrogen and oxygen atoms in total. The van der Waals surface area contributed by atoms with Gasteiger partial charge in [-0.2, -0.15) is 0 Å². The molecule has 1 fully saturated rings. The number of nitrogens with zero attached hydrogens (tertiary/aromatic N) is 2. The minimum Gasteiger partial charge on any atom is -0.480 e. The molecule has 2 heterocycles. The highest BCUT2D eigenvalue weighted by Gasteiger charge is 2.29.